The first-order valence-corrected chi connectivity index (χ1v) is 25.4. The number of hydrogen-bond donors (Lipinski definition) is 0. The molecule has 0 amide bonds. The predicted octanol–water partition coefficient (Wildman–Crippen LogP) is 13.1. The molecule has 12 aromatic rings. The lowest BCUT2D eigenvalue weighted by atomic mass is 9.31. The van der Waals surface area contributed by atoms with Gasteiger partial charge in [0.1, 0.15) is 23.0 Å². The Labute approximate surface area is 429 Å². The molecule has 6 nitrogen and oxygen atoms in total. The molecule has 4 aliphatic rings. The van der Waals surface area contributed by atoms with Crippen molar-refractivity contribution >= 4 is 119 Å². The summed E-state index contributed by atoms with van der Waals surface area (Å²) in [6, 6.07) is 91.8. The first kappa shape index (κ1) is 41.0. The normalized spacial score (nSPS) is 13.0. The predicted molar refractivity (Wildman–Crippen MR) is 307 cm³/mol. The fourth-order valence-electron chi connectivity index (χ4n) is 12.7. The van der Waals surface area contributed by atoms with Gasteiger partial charge in [0.05, 0.1) is 22.4 Å². The summed E-state index contributed by atoms with van der Waals surface area (Å²) in [4.78, 5) is 7.22. The number of rotatable bonds is 7. The Morgan fingerprint density at radius 2 is 0.865 bits per heavy atom. The molecule has 4 aliphatic heterocycles. The van der Waals surface area contributed by atoms with Crippen LogP contribution in [0.4, 0.5) is 51.2 Å². The van der Waals surface area contributed by atoms with Crippen molar-refractivity contribution in [1.29, 1.82) is 0 Å². The quantitative estimate of drug-likeness (QED) is 0.149. The molecular formula is C66H42B2N4O2. The second kappa shape index (κ2) is 15.9. The molecule has 8 heteroatoms. The number of nitrogens with zero attached hydrogens (tertiary/aromatic N) is 4. The van der Waals surface area contributed by atoms with E-state index in [2.05, 4.69) is 274 Å². The Morgan fingerprint density at radius 3 is 1.53 bits per heavy atom. The van der Waals surface area contributed by atoms with Crippen LogP contribution in [-0.2, 0) is 0 Å². The minimum atomic E-state index is -0.149. The summed E-state index contributed by atoms with van der Waals surface area (Å²) < 4.78 is 17.0. The summed E-state index contributed by atoms with van der Waals surface area (Å²) >= 11 is 0. The van der Waals surface area contributed by atoms with E-state index in [9.17, 15) is 0 Å². The van der Waals surface area contributed by atoms with Gasteiger partial charge in [-0.2, -0.15) is 0 Å². The lowest BCUT2D eigenvalue weighted by Gasteiger charge is -2.42. The summed E-state index contributed by atoms with van der Waals surface area (Å²) in [7, 11) is 0. The largest absolute Gasteiger partial charge is 0.458 e. The van der Waals surface area contributed by atoms with E-state index in [1.807, 2.05) is 0 Å². The summed E-state index contributed by atoms with van der Waals surface area (Å²) in [5, 5.41) is 2.39. The van der Waals surface area contributed by atoms with Gasteiger partial charge in [-0.05, 0) is 112 Å². The highest BCUT2D eigenvalue weighted by molar-refractivity contribution is 7.02. The third-order valence-corrected chi connectivity index (χ3v) is 15.6. The molecule has 5 heterocycles. The molecule has 0 bridgehead atoms. The van der Waals surface area contributed by atoms with Crippen molar-refractivity contribution in [3.63, 3.8) is 0 Å². The second-order valence-electron chi connectivity index (χ2n) is 19.6. The van der Waals surface area contributed by atoms with Crippen LogP contribution in [0.15, 0.2) is 255 Å². The fourth-order valence-corrected chi connectivity index (χ4v) is 12.7. The molecule has 0 radical (unpaired) electrons. The van der Waals surface area contributed by atoms with Gasteiger partial charge in [0.15, 0.2) is 0 Å². The molecular weight excluding hydrogens is 902 g/mol. The Balaban J connectivity index is 1.00. The zero-order chi connectivity index (χ0) is 48.4. The third-order valence-electron chi connectivity index (χ3n) is 15.6. The van der Waals surface area contributed by atoms with Crippen LogP contribution in [0.1, 0.15) is 0 Å². The van der Waals surface area contributed by atoms with Crippen LogP contribution in [0.25, 0.3) is 27.5 Å². The van der Waals surface area contributed by atoms with Crippen molar-refractivity contribution < 1.29 is 9.47 Å². The van der Waals surface area contributed by atoms with E-state index in [1.165, 1.54) is 32.7 Å². The zero-order valence-electron chi connectivity index (χ0n) is 40.0. The molecule has 0 saturated carbocycles. The smallest absolute Gasteiger partial charge is 0.260 e. The number of aromatic nitrogens is 1. The Morgan fingerprint density at radius 1 is 0.338 bits per heavy atom. The van der Waals surface area contributed by atoms with Crippen LogP contribution in [-0.4, -0.2) is 18.0 Å². The average molecular weight is 945 g/mol. The molecule has 0 aliphatic carbocycles. The number of ether oxygens (including phenoxy) is 2. The van der Waals surface area contributed by atoms with Crippen molar-refractivity contribution in [3.05, 3.63) is 255 Å². The van der Waals surface area contributed by atoms with Gasteiger partial charge in [-0.1, -0.05) is 152 Å². The van der Waals surface area contributed by atoms with E-state index >= 15 is 0 Å². The molecule has 74 heavy (non-hydrogen) atoms. The van der Waals surface area contributed by atoms with Crippen molar-refractivity contribution in [2.24, 2.45) is 0 Å². The highest BCUT2D eigenvalue weighted by Crippen LogP contribution is 2.50. The minimum absolute atomic E-state index is 0.111. The van der Waals surface area contributed by atoms with Crippen molar-refractivity contribution in [3.8, 4) is 28.7 Å². The first-order valence-electron chi connectivity index (χ1n) is 25.4. The third kappa shape index (κ3) is 5.91. The number of hydrogen-bond acceptors (Lipinski definition) is 5. The van der Waals surface area contributed by atoms with Gasteiger partial charge in [-0.15, -0.1) is 0 Å². The van der Waals surface area contributed by atoms with Gasteiger partial charge >= 0.3 is 0 Å². The molecule has 16 rings (SSSR count). The SMILES string of the molecule is c1ccc(N(c2ccccc2)c2cc3c4c(c2)Oc2cc5c(cc2B4c2ccccc2O3)B2c3ccccc3N(c3ccccc3)c3cc(N(c4ccccc4)c4ccccc4)c4c6ccccc6n-5c4c32)cc1. The molecule has 0 fully saturated rings. The molecule has 11 aromatic carbocycles. The topological polar surface area (TPSA) is 33.1 Å². The van der Waals surface area contributed by atoms with E-state index in [1.54, 1.807) is 0 Å². The van der Waals surface area contributed by atoms with Crippen molar-refractivity contribution in [2.75, 3.05) is 14.7 Å². The minimum Gasteiger partial charge on any atom is -0.458 e. The maximum atomic E-state index is 7.43. The Hall–Kier alpha value is -9.65. The summed E-state index contributed by atoms with van der Waals surface area (Å²) in [6.45, 7) is -0.259. The highest BCUT2D eigenvalue weighted by atomic mass is 16.5. The molecule has 1 aromatic heterocycles. The number of fused-ring (bicyclic) bond motifs is 12. The maximum Gasteiger partial charge on any atom is 0.260 e. The highest BCUT2D eigenvalue weighted by Gasteiger charge is 2.47. The van der Waals surface area contributed by atoms with Gasteiger partial charge < -0.3 is 28.7 Å². The molecule has 0 spiro atoms. The van der Waals surface area contributed by atoms with Crippen molar-refractivity contribution in [1.82, 2.24) is 4.57 Å². The molecule has 0 unspecified atom stereocenters. The molecule has 0 saturated heterocycles. The average Bonchev–Trinajstić information content (AvgIpc) is 3.84. The van der Waals surface area contributed by atoms with Gasteiger partial charge in [-0.3, -0.25) is 0 Å². The van der Waals surface area contributed by atoms with E-state index in [4.69, 9.17) is 9.47 Å². The van der Waals surface area contributed by atoms with Gasteiger partial charge in [0.25, 0.3) is 13.4 Å². The van der Waals surface area contributed by atoms with Crippen LogP contribution in [0, 0.1) is 0 Å². The Kier molecular flexibility index (Phi) is 8.83. The lowest BCUT2D eigenvalue weighted by molar-refractivity contribution is 0.465. The van der Waals surface area contributed by atoms with E-state index in [-0.39, 0.29) is 13.4 Å². The monoisotopic (exact) mass is 944 g/mol. The van der Waals surface area contributed by atoms with Crippen molar-refractivity contribution in [2.45, 2.75) is 0 Å². The molecule has 0 atom stereocenters. The number of para-hydroxylation sites is 8. The summed E-state index contributed by atoms with van der Waals surface area (Å²) in [6.07, 6.45) is 0. The lowest BCUT2D eigenvalue weighted by Crippen LogP contribution is -2.63. The standard InChI is InChI=1S/C66H42B2N4O2/c1-6-22-43(23-7-1)69(44-24-8-2-9-25-44)48-38-61-65-62(39-48)74-60-42-56-52(40-53(60)68(65)51-34-18-21-37-59(51)73-61)67-50-33-17-20-36-55(50)71(47-30-14-5-15-31-47)58-41-57(63-49-32-16-19-35-54(49)72(56)66(63)64(58)67)70(45-26-10-3-11-27-45)46-28-12-4-13-29-46/h1-42H. The van der Waals surface area contributed by atoms with Crippen LogP contribution >= 0.6 is 0 Å². The number of benzene rings is 11. The van der Waals surface area contributed by atoms with E-state index < -0.39 is 0 Å². The maximum absolute atomic E-state index is 7.43. The van der Waals surface area contributed by atoms with E-state index in [0.717, 1.165) is 102 Å². The fraction of sp³-hybridized carbons (Fsp3) is 0. The summed E-state index contributed by atoms with van der Waals surface area (Å²) in [5.41, 5.74) is 20.3. The van der Waals surface area contributed by atoms with E-state index in [0.29, 0.717) is 0 Å². The van der Waals surface area contributed by atoms with Gasteiger partial charge in [-0.25, -0.2) is 0 Å². The summed E-state index contributed by atoms with van der Waals surface area (Å²) in [5.74, 6) is 3.27. The second-order valence-corrected chi connectivity index (χ2v) is 19.6. The number of anilines is 9. The molecule has 344 valence electrons. The Bertz CT molecular complexity index is 4150. The van der Waals surface area contributed by atoms with Crippen LogP contribution in [0.2, 0.25) is 0 Å². The van der Waals surface area contributed by atoms with Crippen LogP contribution in [0.3, 0.4) is 0 Å². The van der Waals surface area contributed by atoms with Gasteiger partial charge in [0.2, 0.25) is 0 Å². The van der Waals surface area contributed by atoms with Crippen LogP contribution < -0.4 is 57.0 Å². The molecule has 0 N–H and O–H groups in total. The van der Waals surface area contributed by atoms with Gasteiger partial charge in [0, 0.05) is 79.9 Å². The van der Waals surface area contributed by atoms with Crippen LogP contribution in [0.5, 0.6) is 23.0 Å². The zero-order valence-corrected chi connectivity index (χ0v) is 40.0. The first-order chi connectivity index (χ1) is 36.7.